The summed E-state index contributed by atoms with van der Waals surface area (Å²) in [5, 5.41) is 15.0. The van der Waals surface area contributed by atoms with Gasteiger partial charge in [-0.3, -0.25) is 14.9 Å². The molecule has 9 nitrogen and oxygen atoms in total. The lowest BCUT2D eigenvalue weighted by molar-refractivity contribution is -0.384. The number of amides is 1. The van der Waals surface area contributed by atoms with E-state index >= 15 is 0 Å². The van der Waals surface area contributed by atoms with Crippen LogP contribution in [0.25, 0.3) is 5.69 Å². The summed E-state index contributed by atoms with van der Waals surface area (Å²) in [6, 6.07) is 13.4. The molecule has 0 bridgehead atoms. The summed E-state index contributed by atoms with van der Waals surface area (Å²) in [6.07, 6.45) is 1.53. The number of benzene rings is 2. The maximum atomic E-state index is 12.5. The zero-order valence-electron chi connectivity index (χ0n) is 17.6. The number of hydrogen-bond donors (Lipinski definition) is 1. The highest BCUT2D eigenvalue weighted by Crippen LogP contribution is 2.24. The Hall–Kier alpha value is -4.14. The SMILES string of the molecule is COc1ccc(-n2c(C)cc(/C=N\NC(=O)c3cc([N+](=O)[O-])ccc3OC)c2C)cc1. The summed E-state index contributed by atoms with van der Waals surface area (Å²) < 4.78 is 12.4. The Balaban J connectivity index is 1.81. The fourth-order valence-corrected chi connectivity index (χ4v) is 3.25. The lowest BCUT2D eigenvalue weighted by Crippen LogP contribution is -2.18. The van der Waals surface area contributed by atoms with Gasteiger partial charge in [-0.1, -0.05) is 0 Å². The molecule has 0 aliphatic rings. The molecular formula is C22H22N4O5. The van der Waals surface area contributed by atoms with E-state index in [1.54, 1.807) is 7.11 Å². The highest BCUT2D eigenvalue weighted by Gasteiger charge is 2.17. The number of nitrogens with one attached hydrogen (secondary N) is 1. The van der Waals surface area contributed by atoms with Crippen LogP contribution in [0, 0.1) is 24.0 Å². The van der Waals surface area contributed by atoms with Crippen molar-refractivity contribution in [3.8, 4) is 17.2 Å². The first kappa shape index (κ1) is 21.6. The topological polar surface area (TPSA) is 108 Å². The van der Waals surface area contributed by atoms with Gasteiger partial charge in [-0.05, 0) is 50.2 Å². The van der Waals surface area contributed by atoms with Crippen molar-refractivity contribution in [1.82, 2.24) is 9.99 Å². The average molecular weight is 422 g/mol. The number of nitro groups is 1. The van der Waals surface area contributed by atoms with Crippen molar-refractivity contribution >= 4 is 17.8 Å². The molecule has 0 saturated carbocycles. The minimum atomic E-state index is -0.610. The van der Waals surface area contributed by atoms with Crippen LogP contribution in [0.15, 0.2) is 53.6 Å². The van der Waals surface area contributed by atoms with Gasteiger partial charge in [0.05, 0.1) is 30.9 Å². The van der Waals surface area contributed by atoms with E-state index < -0.39 is 10.8 Å². The van der Waals surface area contributed by atoms with Gasteiger partial charge >= 0.3 is 0 Å². The lowest BCUT2D eigenvalue weighted by Gasteiger charge is -2.10. The fourth-order valence-electron chi connectivity index (χ4n) is 3.25. The minimum Gasteiger partial charge on any atom is -0.497 e. The first-order valence-electron chi connectivity index (χ1n) is 9.35. The molecule has 3 aromatic rings. The molecule has 3 rings (SSSR count). The van der Waals surface area contributed by atoms with E-state index in [1.807, 2.05) is 44.2 Å². The number of non-ortho nitro benzene ring substituents is 1. The van der Waals surface area contributed by atoms with Crippen molar-refractivity contribution < 1.29 is 19.2 Å². The highest BCUT2D eigenvalue weighted by atomic mass is 16.6. The number of carbonyl (C=O) groups is 1. The van der Waals surface area contributed by atoms with E-state index in [1.165, 1.54) is 25.5 Å². The number of hydrazone groups is 1. The Morgan fingerprint density at radius 1 is 1.10 bits per heavy atom. The first-order valence-corrected chi connectivity index (χ1v) is 9.35. The van der Waals surface area contributed by atoms with E-state index in [0.29, 0.717) is 0 Å². The van der Waals surface area contributed by atoms with Crippen LogP contribution in [0.2, 0.25) is 0 Å². The molecule has 9 heteroatoms. The highest BCUT2D eigenvalue weighted by molar-refractivity contribution is 5.98. The van der Waals surface area contributed by atoms with Gasteiger partial charge in [-0.15, -0.1) is 0 Å². The molecule has 0 atom stereocenters. The molecule has 2 aromatic carbocycles. The Kier molecular flexibility index (Phi) is 6.35. The number of methoxy groups -OCH3 is 2. The summed E-state index contributed by atoms with van der Waals surface area (Å²) in [6.45, 7) is 3.92. The van der Waals surface area contributed by atoms with Crippen LogP contribution in [0.3, 0.4) is 0 Å². The fraction of sp³-hybridized carbons (Fsp3) is 0.182. The van der Waals surface area contributed by atoms with E-state index in [9.17, 15) is 14.9 Å². The number of carbonyl (C=O) groups excluding carboxylic acids is 1. The molecule has 160 valence electrons. The molecule has 0 spiro atoms. The molecule has 1 N–H and O–H groups in total. The molecular weight excluding hydrogens is 400 g/mol. The largest absolute Gasteiger partial charge is 0.497 e. The standard InChI is InChI=1S/C22H22N4O5/c1-14-11-16(15(2)25(14)17-5-8-19(30-3)9-6-17)13-23-24-22(27)20-12-18(26(28)29)7-10-21(20)31-4/h5-13H,1-4H3,(H,24,27)/b23-13-. The third kappa shape index (κ3) is 4.55. The number of rotatable bonds is 7. The molecule has 1 heterocycles. The normalized spacial score (nSPS) is 10.8. The van der Waals surface area contributed by atoms with Crippen LogP contribution < -0.4 is 14.9 Å². The van der Waals surface area contributed by atoms with Gasteiger partial charge in [0, 0.05) is 34.8 Å². The third-order valence-electron chi connectivity index (χ3n) is 4.81. The maximum absolute atomic E-state index is 12.5. The van der Waals surface area contributed by atoms with Crippen LogP contribution in [-0.4, -0.2) is 35.8 Å². The van der Waals surface area contributed by atoms with E-state index in [-0.39, 0.29) is 17.0 Å². The van der Waals surface area contributed by atoms with Crippen molar-refractivity contribution in [3.63, 3.8) is 0 Å². The minimum absolute atomic E-state index is 0.0255. The van der Waals surface area contributed by atoms with E-state index in [4.69, 9.17) is 9.47 Å². The van der Waals surface area contributed by atoms with Gasteiger partial charge in [0.25, 0.3) is 11.6 Å². The van der Waals surface area contributed by atoms with Crippen molar-refractivity contribution in [3.05, 3.63) is 81.2 Å². The predicted molar refractivity (Wildman–Crippen MR) is 117 cm³/mol. The van der Waals surface area contributed by atoms with Gasteiger partial charge in [0.2, 0.25) is 0 Å². The van der Waals surface area contributed by atoms with Gasteiger partial charge in [0.1, 0.15) is 11.5 Å². The summed E-state index contributed by atoms with van der Waals surface area (Å²) in [7, 11) is 3.00. The summed E-state index contributed by atoms with van der Waals surface area (Å²) in [4.78, 5) is 22.9. The summed E-state index contributed by atoms with van der Waals surface area (Å²) in [5.74, 6) is 0.379. The van der Waals surface area contributed by atoms with Crippen LogP contribution in [0.4, 0.5) is 5.69 Å². The number of nitro benzene ring substituents is 1. The predicted octanol–water partition coefficient (Wildman–Crippen LogP) is 3.78. The zero-order chi connectivity index (χ0) is 22.5. The molecule has 0 radical (unpaired) electrons. The van der Waals surface area contributed by atoms with Crippen molar-refractivity contribution in [2.45, 2.75) is 13.8 Å². The third-order valence-corrected chi connectivity index (χ3v) is 4.81. The second kappa shape index (κ2) is 9.12. The van der Waals surface area contributed by atoms with E-state index in [2.05, 4.69) is 15.1 Å². The van der Waals surface area contributed by atoms with Crippen molar-refractivity contribution in [1.29, 1.82) is 0 Å². The van der Waals surface area contributed by atoms with Gasteiger partial charge in [-0.25, -0.2) is 5.43 Å². The molecule has 0 unspecified atom stereocenters. The number of aromatic nitrogens is 1. The molecule has 0 fully saturated rings. The number of nitrogens with zero attached hydrogens (tertiary/aromatic N) is 3. The van der Waals surface area contributed by atoms with Gasteiger partial charge in [-0.2, -0.15) is 5.10 Å². The second-order valence-corrected chi connectivity index (χ2v) is 6.70. The smallest absolute Gasteiger partial charge is 0.275 e. The number of ether oxygens (including phenoxy) is 2. The van der Waals surface area contributed by atoms with Crippen LogP contribution >= 0.6 is 0 Å². The molecule has 1 amide bonds. The quantitative estimate of drug-likeness (QED) is 0.354. The number of aryl methyl sites for hydroxylation is 1. The monoisotopic (exact) mass is 422 g/mol. The summed E-state index contributed by atoms with van der Waals surface area (Å²) >= 11 is 0. The Morgan fingerprint density at radius 3 is 2.42 bits per heavy atom. The summed E-state index contributed by atoms with van der Waals surface area (Å²) in [5.41, 5.74) is 5.94. The molecule has 0 saturated heterocycles. The zero-order valence-corrected chi connectivity index (χ0v) is 17.6. The first-order chi connectivity index (χ1) is 14.8. The van der Waals surface area contributed by atoms with E-state index in [0.717, 1.165) is 34.5 Å². The molecule has 1 aromatic heterocycles. The van der Waals surface area contributed by atoms with Crippen LogP contribution in [0.1, 0.15) is 27.3 Å². The average Bonchev–Trinajstić information content (AvgIpc) is 3.06. The molecule has 0 aliphatic carbocycles. The van der Waals surface area contributed by atoms with Crippen LogP contribution in [0.5, 0.6) is 11.5 Å². The van der Waals surface area contributed by atoms with Gasteiger partial charge < -0.3 is 14.0 Å². The Morgan fingerprint density at radius 2 is 1.81 bits per heavy atom. The lowest BCUT2D eigenvalue weighted by atomic mass is 10.1. The van der Waals surface area contributed by atoms with Crippen molar-refractivity contribution in [2.24, 2.45) is 5.10 Å². The number of hydrogen-bond acceptors (Lipinski definition) is 6. The molecule has 31 heavy (non-hydrogen) atoms. The van der Waals surface area contributed by atoms with Crippen LogP contribution in [-0.2, 0) is 0 Å². The van der Waals surface area contributed by atoms with Gasteiger partial charge in [0.15, 0.2) is 0 Å². The Bertz CT molecular complexity index is 1150. The second-order valence-electron chi connectivity index (χ2n) is 6.70. The molecule has 0 aliphatic heterocycles. The maximum Gasteiger partial charge on any atom is 0.275 e. The van der Waals surface area contributed by atoms with Crippen molar-refractivity contribution in [2.75, 3.05) is 14.2 Å². The Labute approximate surface area is 179 Å².